The average molecular weight is 321 g/mol. The van der Waals surface area contributed by atoms with E-state index in [1.807, 2.05) is 13.0 Å². The largest absolute Gasteiger partial charge is 0.341 e. The van der Waals surface area contributed by atoms with Crippen molar-refractivity contribution in [2.75, 3.05) is 23.3 Å². The Bertz CT molecular complexity index is 671. The van der Waals surface area contributed by atoms with E-state index in [2.05, 4.69) is 20.2 Å². The van der Waals surface area contributed by atoms with Gasteiger partial charge in [0.2, 0.25) is 5.95 Å². The molecule has 1 N–H and O–H groups in total. The molecule has 1 aliphatic rings. The van der Waals surface area contributed by atoms with Gasteiger partial charge >= 0.3 is 0 Å². The third-order valence-electron chi connectivity index (χ3n) is 3.67. The highest BCUT2D eigenvalue weighted by Gasteiger charge is 2.14. The fraction of sp³-hybridized carbons (Fsp3) is 0.375. The van der Waals surface area contributed by atoms with E-state index in [-0.39, 0.29) is 5.02 Å². The zero-order chi connectivity index (χ0) is 15.5. The number of aromatic nitrogens is 2. The van der Waals surface area contributed by atoms with Gasteiger partial charge in [-0.1, -0.05) is 11.6 Å². The maximum atomic E-state index is 13.2. The summed E-state index contributed by atoms with van der Waals surface area (Å²) >= 11 is 5.81. The van der Waals surface area contributed by atoms with Crippen molar-refractivity contribution in [1.29, 1.82) is 0 Å². The zero-order valence-corrected chi connectivity index (χ0v) is 13.2. The van der Waals surface area contributed by atoms with Crippen LogP contribution in [0.2, 0.25) is 5.02 Å². The number of nitrogens with one attached hydrogen (secondary N) is 1. The SMILES string of the molecule is Cc1cc(Nc2ccc(F)c(Cl)c2)nc(N2CCCCC2)n1. The first-order valence-electron chi connectivity index (χ1n) is 7.44. The number of hydrogen-bond donors (Lipinski definition) is 1. The van der Waals surface area contributed by atoms with Gasteiger partial charge in [-0.15, -0.1) is 0 Å². The summed E-state index contributed by atoms with van der Waals surface area (Å²) in [6.45, 7) is 3.93. The van der Waals surface area contributed by atoms with E-state index < -0.39 is 5.82 Å². The van der Waals surface area contributed by atoms with E-state index in [4.69, 9.17) is 11.6 Å². The lowest BCUT2D eigenvalue weighted by Gasteiger charge is -2.27. The second kappa shape index (κ2) is 6.48. The van der Waals surface area contributed by atoms with E-state index >= 15 is 0 Å². The van der Waals surface area contributed by atoms with Crippen molar-refractivity contribution in [2.24, 2.45) is 0 Å². The number of halogens is 2. The van der Waals surface area contributed by atoms with Crippen LogP contribution in [0.3, 0.4) is 0 Å². The number of piperidine rings is 1. The van der Waals surface area contributed by atoms with Gasteiger partial charge < -0.3 is 10.2 Å². The predicted molar refractivity (Wildman–Crippen MR) is 87.5 cm³/mol. The lowest BCUT2D eigenvalue weighted by atomic mass is 10.1. The standard InChI is InChI=1S/C16H18ClFN4/c1-11-9-15(20-12-5-6-14(18)13(17)10-12)21-16(19-11)22-7-3-2-4-8-22/h5-6,9-10H,2-4,7-8H2,1H3,(H,19,20,21). The third-order valence-corrected chi connectivity index (χ3v) is 3.96. The van der Waals surface area contributed by atoms with Crippen LogP contribution < -0.4 is 10.2 Å². The Balaban J connectivity index is 1.83. The highest BCUT2D eigenvalue weighted by Crippen LogP contribution is 2.24. The zero-order valence-electron chi connectivity index (χ0n) is 12.4. The lowest BCUT2D eigenvalue weighted by Crippen LogP contribution is -2.31. The molecule has 116 valence electrons. The number of nitrogens with zero attached hydrogens (tertiary/aromatic N) is 3. The smallest absolute Gasteiger partial charge is 0.227 e. The molecule has 1 aromatic carbocycles. The number of benzene rings is 1. The topological polar surface area (TPSA) is 41.1 Å². The van der Waals surface area contributed by atoms with Crippen LogP contribution in [-0.2, 0) is 0 Å². The van der Waals surface area contributed by atoms with Crippen LogP contribution >= 0.6 is 11.6 Å². The summed E-state index contributed by atoms with van der Waals surface area (Å²) in [6, 6.07) is 6.39. The molecule has 4 nitrogen and oxygen atoms in total. The number of rotatable bonds is 3. The molecule has 0 radical (unpaired) electrons. The van der Waals surface area contributed by atoms with Gasteiger partial charge in [-0.05, 0) is 44.4 Å². The normalized spacial score (nSPS) is 15.0. The molecule has 1 saturated heterocycles. The quantitative estimate of drug-likeness (QED) is 0.915. The molecular formula is C16H18ClFN4. The van der Waals surface area contributed by atoms with Crippen molar-refractivity contribution in [1.82, 2.24) is 9.97 Å². The highest BCUT2D eigenvalue weighted by molar-refractivity contribution is 6.31. The van der Waals surface area contributed by atoms with Crippen LogP contribution in [0.25, 0.3) is 0 Å². The van der Waals surface area contributed by atoms with Crippen molar-refractivity contribution in [3.05, 3.63) is 40.8 Å². The van der Waals surface area contributed by atoms with Gasteiger partial charge in [0.15, 0.2) is 0 Å². The number of aryl methyl sites for hydroxylation is 1. The molecule has 1 fully saturated rings. The molecule has 2 heterocycles. The van der Waals surface area contributed by atoms with Crippen LogP contribution in [-0.4, -0.2) is 23.1 Å². The van der Waals surface area contributed by atoms with Gasteiger partial charge in [0.1, 0.15) is 11.6 Å². The molecule has 0 saturated carbocycles. The van der Waals surface area contributed by atoms with Crippen molar-refractivity contribution in [3.63, 3.8) is 0 Å². The molecule has 0 aliphatic carbocycles. The maximum absolute atomic E-state index is 13.2. The van der Waals surface area contributed by atoms with E-state index in [1.54, 1.807) is 12.1 Å². The first-order chi connectivity index (χ1) is 10.6. The van der Waals surface area contributed by atoms with Crippen LogP contribution in [0.15, 0.2) is 24.3 Å². The van der Waals surface area contributed by atoms with Crippen LogP contribution in [0.4, 0.5) is 21.8 Å². The third kappa shape index (κ3) is 3.47. The lowest BCUT2D eigenvalue weighted by molar-refractivity contribution is 0.568. The Hall–Kier alpha value is -1.88. The summed E-state index contributed by atoms with van der Waals surface area (Å²) in [7, 11) is 0. The minimum absolute atomic E-state index is 0.0898. The Labute approximate surface area is 134 Å². The second-order valence-electron chi connectivity index (χ2n) is 5.50. The van der Waals surface area contributed by atoms with Gasteiger partial charge in [0.05, 0.1) is 5.02 Å². The summed E-state index contributed by atoms with van der Waals surface area (Å²) < 4.78 is 13.2. The molecule has 0 spiro atoms. The second-order valence-corrected chi connectivity index (χ2v) is 5.90. The van der Waals surface area contributed by atoms with E-state index in [0.717, 1.165) is 24.7 Å². The molecule has 6 heteroatoms. The van der Waals surface area contributed by atoms with Gasteiger partial charge in [-0.3, -0.25) is 0 Å². The predicted octanol–water partition coefficient (Wildman–Crippen LogP) is 4.31. The molecular weight excluding hydrogens is 303 g/mol. The maximum Gasteiger partial charge on any atom is 0.227 e. The van der Waals surface area contributed by atoms with Gasteiger partial charge in [0, 0.05) is 30.5 Å². The van der Waals surface area contributed by atoms with Crippen molar-refractivity contribution in [3.8, 4) is 0 Å². The molecule has 3 rings (SSSR count). The van der Waals surface area contributed by atoms with Crippen LogP contribution in [0.5, 0.6) is 0 Å². The van der Waals surface area contributed by atoms with Gasteiger partial charge in [0.25, 0.3) is 0 Å². The van der Waals surface area contributed by atoms with Crippen molar-refractivity contribution >= 4 is 29.1 Å². The molecule has 1 aliphatic heterocycles. The fourth-order valence-corrected chi connectivity index (χ4v) is 2.75. The molecule has 0 atom stereocenters. The highest BCUT2D eigenvalue weighted by atomic mass is 35.5. The van der Waals surface area contributed by atoms with E-state index in [0.29, 0.717) is 11.5 Å². The Morgan fingerprint density at radius 2 is 1.91 bits per heavy atom. The molecule has 1 aromatic heterocycles. The first-order valence-corrected chi connectivity index (χ1v) is 7.82. The first kappa shape index (κ1) is 15.0. The molecule has 0 bridgehead atoms. The van der Waals surface area contributed by atoms with E-state index in [1.165, 1.54) is 25.3 Å². The van der Waals surface area contributed by atoms with Crippen LogP contribution in [0, 0.1) is 12.7 Å². The summed E-state index contributed by atoms with van der Waals surface area (Å²) in [5.74, 6) is 1.01. The van der Waals surface area contributed by atoms with Gasteiger partial charge in [-0.25, -0.2) is 9.37 Å². The van der Waals surface area contributed by atoms with Gasteiger partial charge in [-0.2, -0.15) is 4.98 Å². The average Bonchev–Trinajstić information content (AvgIpc) is 2.51. The Morgan fingerprint density at radius 1 is 1.14 bits per heavy atom. The minimum atomic E-state index is -0.430. The molecule has 0 unspecified atom stereocenters. The molecule has 22 heavy (non-hydrogen) atoms. The summed E-state index contributed by atoms with van der Waals surface area (Å²) in [5.41, 5.74) is 1.60. The fourth-order valence-electron chi connectivity index (χ4n) is 2.57. The molecule has 2 aromatic rings. The monoisotopic (exact) mass is 320 g/mol. The number of hydrogen-bond acceptors (Lipinski definition) is 4. The van der Waals surface area contributed by atoms with Crippen molar-refractivity contribution in [2.45, 2.75) is 26.2 Å². The van der Waals surface area contributed by atoms with Crippen molar-refractivity contribution < 1.29 is 4.39 Å². The number of anilines is 3. The molecule has 0 amide bonds. The van der Waals surface area contributed by atoms with E-state index in [9.17, 15) is 4.39 Å². The Kier molecular flexibility index (Phi) is 4.43. The minimum Gasteiger partial charge on any atom is -0.341 e. The summed E-state index contributed by atoms with van der Waals surface area (Å²) in [4.78, 5) is 11.3. The summed E-state index contributed by atoms with van der Waals surface area (Å²) in [5, 5.41) is 3.25. The summed E-state index contributed by atoms with van der Waals surface area (Å²) in [6.07, 6.45) is 3.61. The van der Waals surface area contributed by atoms with Crippen LogP contribution in [0.1, 0.15) is 25.0 Å². The Morgan fingerprint density at radius 3 is 2.64 bits per heavy atom.